The molecule has 6 aromatic heterocycles. The molecule has 0 saturated carbocycles. The second-order valence-corrected chi connectivity index (χ2v) is 23.5. The van der Waals surface area contributed by atoms with Gasteiger partial charge in [-0.15, -0.1) is 0 Å². The molecule has 1 unspecified atom stereocenters. The molecular weight excluding hydrogens is 1030 g/mol. The van der Waals surface area contributed by atoms with E-state index in [9.17, 15) is 29.5 Å². The fourth-order valence-electron chi connectivity index (χ4n) is 8.38. The van der Waals surface area contributed by atoms with E-state index in [0.717, 1.165) is 7.11 Å². The number of fused-ring (bicyclic) bond motifs is 3. The van der Waals surface area contributed by atoms with Gasteiger partial charge in [0, 0.05) is 21.3 Å². The van der Waals surface area contributed by atoms with E-state index >= 15 is 0 Å². The van der Waals surface area contributed by atoms with Crippen LogP contribution in [0.5, 0.6) is 0 Å². The molecule has 380 valence electrons. The number of rotatable bonds is 19. The van der Waals surface area contributed by atoms with Crippen LogP contribution in [-0.4, -0.2) is 179 Å². The van der Waals surface area contributed by atoms with E-state index in [2.05, 4.69) is 44.9 Å². The summed E-state index contributed by atoms with van der Waals surface area (Å²) in [6, 6.07) is 0. The van der Waals surface area contributed by atoms with Crippen molar-refractivity contribution >= 4 is 95.6 Å². The van der Waals surface area contributed by atoms with Crippen molar-refractivity contribution in [2.75, 3.05) is 57.9 Å². The first-order chi connectivity index (χ1) is 33.3. The van der Waals surface area contributed by atoms with E-state index in [1.807, 2.05) is 0 Å². The van der Waals surface area contributed by atoms with Crippen LogP contribution < -0.4 is 17.2 Å². The lowest BCUT2D eigenvalue weighted by Gasteiger charge is -2.29. The van der Waals surface area contributed by atoms with Crippen molar-refractivity contribution in [3.8, 4) is 0 Å². The molecule has 0 aliphatic carbocycles. The first kappa shape index (κ1) is 50.9. The van der Waals surface area contributed by atoms with E-state index in [1.54, 1.807) is 0 Å². The van der Waals surface area contributed by atoms with Crippen LogP contribution in [0.1, 0.15) is 25.1 Å². The van der Waals surface area contributed by atoms with Crippen molar-refractivity contribution < 1.29 is 75.8 Å². The molecule has 0 amide bonds. The topological polar surface area (TPSA) is 419 Å². The first-order valence-electron chi connectivity index (χ1n) is 20.7. The highest BCUT2D eigenvalue weighted by molar-refractivity contribution is 8.07. The van der Waals surface area contributed by atoms with Gasteiger partial charge in [-0.05, 0) is 30.0 Å². The number of aromatic nitrogens is 12. The van der Waals surface area contributed by atoms with Gasteiger partial charge >= 0.3 is 21.0 Å². The van der Waals surface area contributed by atoms with E-state index in [1.165, 1.54) is 65.9 Å². The highest BCUT2D eigenvalue weighted by Gasteiger charge is 2.53. The van der Waals surface area contributed by atoms with Gasteiger partial charge in [-0.25, -0.2) is 44.9 Å². The maximum Gasteiger partial charge on any atom is 0.327 e. The summed E-state index contributed by atoms with van der Waals surface area (Å²) in [5, 5.41) is 22.0. The van der Waals surface area contributed by atoms with Crippen molar-refractivity contribution in [2.45, 2.75) is 80.0 Å². The Labute approximate surface area is 404 Å². The molecule has 3 aliphatic heterocycles. The van der Waals surface area contributed by atoms with E-state index in [-0.39, 0.29) is 63.5 Å². The van der Waals surface area contributed by atoms with E-state index < -0.39 is 108 Å². The van der Waals surface area contributed by atoms with Crippen LogP contribution >= 0.6 is 21.0 Å². The van der Waals surface area contributed by atoms with Gasteiger partial charge in [0.05, 0.1) is 44.5 Å². The Morgan fingerprint density at radius 1 is 0.586 bits per heavy atom. The standard InChI is InChI=1S/C34H46N15O16P3S2/c1-56-22-14(4-5-66(52,53)58-3)61-33(48-12-45-18-27(36)39-9-42-30(18)48)24(22)64-68(55,70)60-7-16-23(57-2)25(34(63-16)49-13-46-19-28(37)40-10-43-31(19)49)65-67(54,69)59-6-15-20(50)21(51)32(62-15)47-11-44-17-26(35)38-8-41-29(17)47/h8-16,20-25,32-34,50-51H,4-7H2,1-3H3,(H,52,53)(H,54,69)(H,55,70)(H2,35,38,41)(H2,36,39,42)(H2,37,40,43)/t14-,15-,16-,20-,21-,22-,23-,24-,25-,32-,33-,34-,67+,68-/m1/s1. The second-order valence-electron chi connectivity index (χ2n) is 15.8. The number of nitrogen functional groups attached to an aromatic ring is 3. The molecule has 70 heavy (non-hydrogen) atoms. The molecule has 0 aromatic carbocycles. The number of hydrogen-bond acceptors (Lipinski definition) is 27. The normalized spacial score (nSPS) is 30.9. The van der Waals surface area contributed by atoms with Crippen LogP contribution in [-0.2, 0) is 74.5 Å². The predicted octanol–water partition coefficient (Wildman–Crippen LogP) is -0.844. The molecule has 36 heteroatoms. The van der Waals surface area contributed by atoms with Crippen LogP contribution in [0, 0.1) is 0 Å². The number of ether oxygens (including phenoxy) is 5. The van der Waals surface area contributed by atoms with Crippen molar-refractivity contribution in [1.82, 2.24) is 58.6 Å². The summed E-state index contributed by atoms with van der Waals surface area (Å²) in [5.74, 6) is 0.201. The molecule has 3 saturated heterocycles. The Hall–Kier alpha value is -4.02. The van der Waals surface area contributed by atoms with Gasteiger partial charge < -0.3 is 79.3 Å². The van der Waals surface area contributed by atoms with Gasteiger partial charge in [-0.2, -0.15) is 0 Å². The summed E-state index contributed by atoms with van der Waals surface area (Å²) >= 11 is 11.0. The van der Waals surface area contributed by atoms with Gasteiger partial charge in [0.1, 0.15) is 84.4 Å². The molecule has 0 radical (unpaired) electrons. The quantitative estimate of drug-likeness (QED) is 0.0458. The van der Waals surface area contributed by atoms with Crippen LogP contribution in [0.25, 0.3) is 33.5 Å². The fraction of sp³-hybridized carbons (Fsp3) is 0.559. The average Bonchev–Trinajstić information content (AvgIpc) is 4.19. The highest BCUT2D eigenvalue weighted by Crippen LogP contribution is 2.54. The summed E-state index contributed by atoms with van der Waals surface area (Å²) in [7, 11) is -0.245. The Morgan fingerprint density at radius 3 is 1.43 bits per heavy atom. The van der Waals surface area contributed by atoms with Crippen molar-refractivity contribution in [3.05, 3.63) is 38.0 Å². The Bertz CT molecular complexity index is 3010. The van der Waals surface area contributed by atoms with E-state index in [4.69, 9.17) is 87.1 Å². The van der Waals surface area contributed by atoms with Crippen molar-refractivity contribution in [1.29, 1.82) is 0 Å². The fourth-order valence-corrected chi connectivity index (χ4v) is 12.0. The summed E-state index contributed by atoms with van der Waals surface area (Å²) in [6.07, 6.45) is -7.69. The highest BCUT2D eigenvalue weighted by atomic mass is 32.5. The maximum atomic E-state index is 12.5. The molecule has 15 atom stereocenters. The van der Waals surface area contributed by atoms with Crippen LogP contribution in [0.3, 0.4) is 0 Å². The van der Waals surface area contributed by atoms with Crippen LogP contribution in [0.15, 0.2) is 38.0 Å². The number of nitrogens with zero attached hydrogens (tertiary/aromatic N) is 12. The zero-order valence-corrected chi connectivity index (χ0v) is 41.0. The summed E-state index contributed by atoms with van der Waals surface area (Å²) < 4.78 is 75.9. The third-order valence-electron chi connectivity index (χ3n) is 11.7. The Kier molecular flexibility index (Phi) is 14.6. The largest absolute Gasteiger partial charge is 0.387 e. The Morgan fingerprint density at radius 2 is 0.986 bits per heavy atom. The van der Waals surface area contributed by atoms with Gasteiger partial charge in [0.2, 0.25) is 0 Å². The smallest absolute Gasteiger partial charge is 0.327 e. The summed E-state index contributed by atoms with van der Waals surface area (Å²) in [6.45, 7) is -9.87. The molecule has 0 bridgehead atoms. The number of imidazole rings is 3. The van der Waals surface area contributed by atoms with E-state index in [0.29, 0.717) is 0 Å². The molecule has 6 aromatic rings. The molecule has 3 aliphatic rings. The van der Waals surface area contributed by atoms with Crippen LogP contribution in [0.4, 0.5) is 17.5 Å². The van der Waals surface area contributed by atoms with Gasteiger partial charge in [0.15, 0.2) is 53.1 Å². The van der Waals surface area contributed by atoms with Gasteiger partial charge in [0.25, 0.3) is 0 Å². The molecule has 9 heterocycles. The number of hydrogen-bond donors (Lipinski definition) is 8. The van der Waals surface area contributed by atoms with Gasteiger partial charge in [-0.1, -0.05) is 0 Å². The molecule has 11 N–H and O–H groups in total. The summed E-state index contributed by atoms with van der Waals surface area (Å²) in [5.41, 5.74) is 19.4. The third-order valence-corrected chi connectivity index (χ3v) is 16.2. The lowest BCUT2D eigenvalue weighted by molar-refractivity contribution is -0.0591. The average molecular weight is 1080 g/mol. The first-order valence-corrected chi connectivity index (χ1v) is 27.6. The predicted molar refractivity (Wildman–Crippen MR) is 246 cm³/mol. The lowest BCUT2D eigenvalue weighted by Crippen LogP contribution is -2.38. The van der Waals surface area contributed by atoms with Gasteiger partial charge in [-0.3, -0.25) is 27.3 Å². The minimum absolute atomic E-state index is 0.0424. The SMILES string of the molecule is CO[C@H]1[C@@H](O[P@@](O)(=S)OC[C@H]2O[C@@H](n3cnc4c(N)ncnc43)[C@H](O)[C@@H]2O)[C@H](n2cnc3c(N)ncnc32)O[C@@H]1CO[P@@](O)(=S)O[C@@H]1[C@H](OC)[C@@H](CCP(=O)(O)OC)O[C@H]1n1cnc2c(N)ncnc21. The minimum atomic E-state index is -4.38. The molecule has 31 nitrogen and oxygen atoms in total. The number of anilines is 3. The minimum Gasteiger partial charge on any atom is -0.387 e. The number of nitrogens with two attached hydrogens (primary N) is 3. The monoisotopic (exact) mass is 1080 g/mol. The maximum absolute atomic E-state index is 12.5. The van der Waals surface area contributed by atoms with Crippen LogP contribution in [0.2, 0.25) is 0 Å². The zero-order chi connectivity index (χ0) is 49.9. The zero-order valence-electron chi connectivity index (χ0n) is 36.7. The number of aliphatic hydroxyl groups is 2. The Balaban J connectivity index is 0.940. The van der Waals surface area contributed by atoms with Crippen molar-refractivity contribution in [2.24, 2.45) is 0 Å². The molecular formula is C34H46N15O16P3S2. The molecule has 0 spiro atoms. The molecule has 3 fully saturated rings. The summed E-state index contributed by atoms with van der Waals surface area (Å²) in [4.78, 5) is 71.0. The number of methoxy groups -OCH3 is 2. The lowest BCUT2D eigenvalue weighted by atomic mass is 10.1. The third kappa shape index (κ3) is 9.92. The molecule has 9 rings (SSSR count). The second kappa shape index (κ2) is 20.1. The number of aliphatic hydroxyl groups excluding tert-OH is 2. The van der Waals surface area contributed by atoms with Crippen molar-refractivity contribution in [3.63, 3.8) is 0 Å².